The molecule has 0 saturated carbocycles. The largest absolute Gasteiger partial charge is 0.326 e. The Labute approximate surface area is 150 Å². The van der Waals surface area contributed by atoms with E-state index in [-0.39, 0.29) is 30.6 Å². The summed E-state index contributed by atoms with van der Waals surface area (Å²) in [7, 11) is 0. The maximum absolute atomic E-state index is 12.9. The zero-order valence-corrected chi connectivity index (χ0v) is 14.6. The van der Waals surface area contributed by atoms with Crippen LogP contribution in [0.2, 0.25) is 0 Å². The van der Waals surface area contributed by atoms with E-state index < -0.39 is 0 Å². The summed E-state index contributed by atoms with van der Waals surface area (Å²) in [5.41, 5.74) is 3.47. The minimum Gasteiger partial charge on any atom is -0.326 e. The number of carbonyl (C=O) groups excluding carboxylic acids is 1. The Kier molecular flexibility index (Phi) is 6.06. The van der Waals surface area contributed by atoms with Gasteiger partial charge in [-0.2, -0.15) is 0 Å². The second-order valence-electron chi connectivity index (χ2n) is 5.23. The minimum atomic E-state index is -0.276. The van der Waals surface area contributed by atoms with Gasteiger partial charge in [0, 0.05) is 16.6 Å². The summed E-state index contributed by atoms with van der Waals surface area (Å²) in [6.45, 7) is 1.98. The van der Waals surface area contributed by atoms with Gasteiger partial charge in [0.05, 0.1) is 12.1 Å². The predicted octanol–water partition coefficient (Wildman–Crippen LogP) is 4.86. The van der Waals surface area contributed by atoms with Crippen LogP contribution in [0.15, 0.2) is 53.9 Å². The molecule has 2 aromatic carbocycles. The van der Waals surface area contributed by atoms with Gasteiger partial charge in [0.15, 0.2) is 0 Å². The number of hydrogen-bond donors (Lipinski definition) is 1. The molecule has 0 unspecified atom stereocenters. The van der Waals surface area contributed by atoms with Gasteiger partial charge in [-0.1, -0.05) is 12.1 Å². The fourth-order valence-electron chi connectivity index (χ4n) is 2.21. The average molecular weight is 363 g/mol. The standard InChI is InChI=1S/C18H15FN2OS.ClH/c1-12-3-2-4-15(9-12)20-17(22)10-18-21-16(11-23-18)13-5-7-14(19)8-6-13;/h2-9,11H,10H2,1H3,(H,20,22);1H. The van der Waals surface area contributed by atoms with E-state index in [4.69, 9.17) is 0 Å². The Morgan fingerprint density at radius 2 is 1.96 bits per heavy atom. The average Bonchev–Trinajstić information content (AvgIpc) is 2.96. The van der Waals surface area contributed by atoms with Gasteiger partial charge in [0.2, 0.25) is 5.91 Å². The molecule has 1 N–H and O–H groups in total. The van der Waals surface area contributed by atoms with Gasteiger partial charge in [0.1, 0.15) is 10.8 Å². The van der Waals surface area contributed by atoms with Crippen molar-refractivity contribution in [1.29, 1.82) is 0 Å². The highest BCUT2D eigenvalue weighted by Crippen LogP contribution is 2.22. The zero-order chi connectivity index (χ0) is 16.2. The van der Waals surface area contributed by atoms with E-state index in [9.17, 15) is 9.18 Å². The molecular weight excluding hydrogens is 347 g/mol. The lowest BCUT2D eigenvalue weighted by Crippen LogP contribution is -2.14. The maximum Gasteiger partial charge on any atom is 0.231 e. The van der Waals surface area contributed by atoms with E-state index in [1.165, 1.54) is 23.5 Å². The first-order valence-corrected chi connectivity index (χ1v) is 8.05. The Morgan fingerprint density at radius 1 is 1.21 bits per heavy atom. The number of anilines is 1. The Balaban J connectivity index is 0.00000208. The molecule has 0 aliphatic rings. The van der Waals surface area contributed by atoms with Crippen LogP contribution in [0.25, 0.3) is 11.3 Å². The van der Waals surface area contributed by atoms with Gasteiger partial charge in [-0.15, -0.1) is 23.7 Å². The first kappa shape index (κ1) is 18.1. The number of amides is 1. The van der Waals surface area contributed by atoms with E-state index in [1.54, 1.807) is 12.1 Å². The molecule has 3 rings (SSSR count). The molecule has 1 amide bonds. The first-order chi connectivity index (χ1) is 11.1. The third-order valence-electron chi connectivity index (χ3n) is 3.31. The normalized spacial score (nSPS) is 10.1. The smallest absolute Gasteiger partial charge is 0.231 e. The lowest BCUT2D eigenvalue weighted by Gasteiger charge is -2.04. The second kappa shape index (κ2) is 8.04. The van der Waals surface area contributed by atoms with E-state index in [1.807, 2.05) is 36.6 Å². The minimum absolute atomic E-state index is 0. The molecule has 0 fully saturated rings. The number of hydrogen-bond acceptors (Lipinski definition) is 3. The summed E-state index contributed by atoms with van der Waals surface area (Å²) >= 11 is 1.42. The van der Waals surface area contributed by atoms with Crippen LogP contribution < -0.4 is 5.32 Å². The number of aromatic nitrogens is 1. The van der Waals surface area contributed by atoms with Gasteiger partial charge in [-0.25, -0.2) is 9.37 Å². The first-order valence-electron chi connectivity index (χ1n) is 7.17. The van der Waals surface area contributed by atoms with Gasteiger partial charge < -0.3 is 5.32 Å². The van der Waals surface area contributed by atoms with E-state index in [0.717, 1.165) is 27.5 Å². The fraction of sp³-hybridized carbons (Fsp3) is 0.111. The molecule has 0 saturated heterocycles. The quantitative estimate of drug-likeness (QED) is 0.720. The van der Waals surface area contributed by atoms with E-state index in [0.29, 0.717) is 0 Å². The molecule has 124 valence electrons. The van der Waals surface area contributed by atoms with Gasteiger partial charge in [-0.05, 0) is 48.9 Å². The lowest BCUT2D eigenvalue weighted by atomic mass is 10.2. The van der Waals surface area contributed by atoms with E-state index >= 15 is 0 Å². The molecule has 0 atom stereocenters. The number of carbonyl (C=O) groups is 1. The van der Waals surface area contributed by atoms with Crippen molar-refractivity contribution in [3.8, 4) is 11.3 Å². The van der Waals surface area contributed by atoms with Gasteiger partial charge in [-0.3, -0.25) is 4.79 Å². The van der Waals surface area contributed by atoms with Crippen LogP contribution >= 0.6 is 23.7 Å². The van der Waals surface area contributed by atoms with Crippen molar-refractivity contribution in [3.63, 3.8) is 0 Å². The molecule has 0 aliphatic heterocycles. The summed E-state index contributed by atoms with van der Waals surface area (Å²) in [5.74, 6) is -0.377. The summed E-state index contributed by atoms with van der Waals surface area (Å²) < 4.78 is 12.9. The molecular formula is C18H16ClFN2OS. The van der Waals surface area contributed by atoms with Crippen LogP contribution in [0.4, 0.5) is 10.1 Å². The third-order valence-corrected chi connectivity index (χ3v) is 4.15. The number of nitrogens with one attached hydrogen (secondary N) is 1. The highest BCUT2D eigenvalue weighted by Gasteiger charge is 2.09. The molecule has 1 heterocycles. The highest BCUT2D eigenvalue weighted by molar-refractivity contribution is 7.10. The topological polar surface area (TPSA) is 42.0 Å². The van der Waals surface area contributed by atoms with Crippen LogP contribution in [0.3, 0.4) is 0 Å². The summed E-state index contributed by atoms with van der Waals surface area (Å²) in [4.78, 5) is 16.5. The third kappa shape index (κ3) is 4.63. The molecule has 0 radical (unpaired) electrons. The maximum atomic E-state index is 12.9. The van der Waals surface area contributed by atoms with Crippen molar-refractivity contribution in [2.24, 2.45) is 0 Å². The molecule has 1 aromatic heterocycles. The van der Waals surface area contributed by atoms with Crippen molar-refractivity contribution >= 4 is 35.3 Å². The lowest BCUT2D eigenvalue weighted by molar-refractivity contribution is -0.115. The number of aryl methyl sites for hydroxylation is 1. The summed E-state index contributed by atoms with van der Waals surface area (Å²) in [6.07, 6.45) is 0.222. The van der Waals surface area contributed by atoms with Gasteiger partial charge in [0.25, 0.3) is 0 Å². The Bertz CT molecular complexity index is 833. The monoisotopic (exact) mass is 362 g/mol. The number of rotatable bonds is 4. The fourth-order valence-corrected chi connectivity index (χ4v) is 3.01. The molecule has 0 bridgehead atoms. The molecule has 0 spiro atoms. The van der Waals surface area contributed by atoms with Crippen LogP contribution in [0.5, 0.6) is 0 Å². The molecule has 0 aliphatic carbocycles. The Morgan fingerprint density at radius 3 is 2.67 bits per heavy atom. The van der Waals surface area contributed by atoms with Crippen LogP contribution in [0, 0.1) is 12.7 Å². The van der Waals surface area contributed by atoms with Crippen LogP contribution in [-0.4, -0.2) is 10.9 Å². The van der Waals surface area contributed by atoms with Crippen LogP contribution in [0.1, 0.15) is 10.6 Å². The van der Waals surface area contributed by atoms with Crippen molar-refractivity contribution in [2.75, 3.05) is 5.32 Å². The van der Waals surface area contributed by atoms with Crippen molar-refractivity contribution < 1.29 is 9.18 Å². The number of thiazole rings is 1. The van der Waals surface area contributed by atoms with Crippen molar-refractivity contribution in [1.82, 2.24) is 4.98 Å². The Hall–Kier alpha value is -2.24. The van der Waals surface area contributed by atoms with Gasteiger partial charge >= 0.3 is 0 Å². The SMILES string of the molecule is Cc1cccc(NC(=O)Cc2nc(-c3ccc(F)cc3)cs2)c1.Cl. The second-order valence-corrected chi connectivity index (χ2v) is 6.17. The number of benzene rings is 2. The van der Waals surface area contributed by atoms with E-state index in [2.05, 4.69) is 10.3 Å². The molecule has 3 nitrogen and oxygen atoms in total. The summed E-state index contributed by atoms with van der Waals surface area (Å²) in [5, 5.41) is 5.47. The number of nitrogens with zero attached hydrogens (tertiary/aromatic N) is 1. The van der Waals surface area contributed by atoms with Crippen molar-refractivity contribution in [2.45, 2.75) is 13.3 Å². The molecule has 6 heteroatoms. The predicted molar refractivity (Wildman–Crippen MR) is 98.3 cm³/mol. The highest BCUT2D eigenvalue weighted by atomic mass is 35.5. The molecule has 24 heavy (non-hydrogen) atoms. The summed E-state index contributed by atoms with van der Waals surface area (Å²) in [6, 6.07) is 13.8. The molecule has 3 aromatic rings. The zero-order valence-electron chi connectivity index (χ0n) is 13.0. The number of halogens is 2. The van der Waals surface area contributed by atoms with Crippen molar-refractivity contribution in [3.05, 3.63) is 70.3 Å². The van der Waals surface area contributed by atoms with Crippen LogP contribution in [-0.2, 0) is 11.2 Å².